The molecule has 1 aromatic carbocycles. The van der Waals surface area contributed by atoms with Gasteiger partial charge in [0, 0.05) is 12.0 Å². The van der Waals surface area contributed by atoms with E-state index in [1.54, 1.807) is 18.2 Å². The molecule has 0 bridgehead atoms. The molecule has 7 heteroatoms. The summed E-state index contributed by atoms with van der Waals surface area (Å²) >= 11 is 1.39. The quantitative estimate of drug-likeness (QED) is 0.809. The Hall–Kier alpha value is -1.89. The van der Waals surface area contributed by atoms with E-state index in [1.165, 1.54) is 30.7 Å². The number of aromatic nitrogens is 3. The van der Waals surface area contributed by atoms with Crippen LogP contribution in [0.3, 0.4) is 0 Å². The van der Waals surface area contributed by atoms with Gasteiger partial charge in [0.05, 0.1) is 10.9 Å². The van der Waals surface area contributed by atoms with Crippen molar-refractivity contribution in [2.75, 3.05) is 5.32 Å². The van der Waals surface area contributed by atoms with Crippen molar-refractivity contribution in [2.45, 2.75) is 55.0 Å². The monoisotopic (exact) mass is 346 g/mol. The number of carbonyl (C=O) groups is 1. The third kappa shape index (κ3) is 3.17. The summed E-state index contributed by atoms with van der Waals surface area (Å²) in [7, 11) is 0. The lowest BCUT2D eigenvalue weighted by atomic mass is 10.3. The van der Waals surface area contributed by atoms with Gasteiger partial charge in [-0.25, -0.2) is 4.39 Å². The van der Waals surface area contributed by atoms with Crippen LogP contribution < -0.4 is 5.32 Å². The lowest BCUT2D eigenvalue weighted by Crippen LogP contribution is -2.23. The molecule has 4 rings (SSSR count). The van der Waals surface area contributed by atoms with E-state index in [4.69, 9.17) is 0 Å². The second kappa shape index (κ2) is 6.20. The van der Waals surface area contributed by atoms with Gasteiger partial charge in [0.1, 0.15) is 11.6 Å². The fourth-order valence-corrected chi connectivity index (χ4v) is 3.60. The molecule has 5 nitrogen and oxygen atoms in total. The largest absolute Gasteiger partial charge is 0.323 e. The Morgan fingerprint density at radius 3 is 2.71 bits per heavy atom. The molecule has 0 aliphatic heterocycles. The Labute approximate surface area is 144 Å². The van der Waals surface area contributed by atoms with Crippen molar-refractivity contribution in [2.24, 2.45) is 0 Å². The highest BCUT2D eigenvalue weighted by Gasteiger charge is 2.37. The number of carbonyl (C=O) groups excluding carboxylic acids is 1. The summed E-state index contributed by atoms with van der Waals surface area (Å²) in [4.78, 5) is 12.4. The SMILES string of the molecule is CC(Sc1nnc(C2CC2)n1C1CC1)C(=O)Nc1ccccc1F. The standard InChI is InChI=1S/C17H19FN4OS/c1-10(16(23)19-14-5-3-2-4-13(14)18)24-17-21-20-15(11-6-7-11)22(17)12-8-9-12/h2-5,10-12H,6-9H2,1H3,(H,19,23). The van der Waals surface area contributed by atoms with Crippen molar-refractivity contribution < 1.29 is 9.18 Å². The third-order valence-electron chi connectivity index (χ3n) is 4.33. The molecule has 1 aromatic heterocycles. The highest BCUT2D eigenvalue weighted by atomic mass is 32.2. The van der Waals surface area contributed by atoms with Gasteiger partial charge in [-0.15, -0.1) is 10.2 Å². The van der Waals surface area contributed by atoms with Gasteiger partial charge >= 0.3 is 0 Å². The number of amides is 1. The number of thioether (sulfide) groups is 1. The number of rotatable bonds is 6. The van der Waals surface area contributed by atoms with E-state index in [2.05, 4.69) is 20.1 Å². The minimum atomic E-state index is -0.430. The topological polar surface area (TPSA) is 59.8 Å². The van der Waals surface area contributed by atoms with Gasteiger partial charge in [0.2, 0.25) is 5.91 Å². The smallest absolute Gasteiger partial charge is 0.237 e. The molecule has 24 heavy (non-hydrogen) atoms. The number of anilines is 1. The summed E-state index contributed by atoms with van der Waals surface area (Å²) in [5.41, 5.74) is 0.206. The van der Waals surface area contributed by atoms with Crippen molar-refractivity contribution in [3.05, 3.63) is 35.9 Å². The van der Waals surface area contributed by atoms with E-state index in [9.17, 15) is 9.18 Å². The van der Waals surface area contributed by atoms with E-state index < -0.39 is 5.82 Å². The van der Waals surface area contributed by atoms with Crippen LogP contribution in [0.25, 0.3) is 0 Å². The molecule has 1 amide bonds. The van der Waals surface area contributed by atoms with E-state index >= 15 is 0 Å². The lowest BCUT2D eigenvalue weighted by molar-refractivity contribution is -0.115. The average molecular weight is 346 g/mol. The van der Waals surface area contributed by atoms with Crippen molar-refractivity contribution >= 4 is 23.4 Å². The summed E-state index contributed by atoms with van der Waals surface area (Å²) in [5, 5.41) is 11.7. The van der Waals surface area contributed by atoms with Crippen LogP contribution >= 0.6 is 11.8 Å². The molecule has 1 N–H and O–H groups in total. The fraction of sp³-hybridized carbons (Fsp3) is 0.471. The summed E-state index contributed by atoms with van der Waals surface area (Å²) in [6.07, 6.45) is 4.67. The van der Waals surface area contributed by atoms with Crippen LogP contribution in [0, 0.1) is 5.82 Å². The summed E-state index contributed by atoms with van der Waals surface area (Å²) in [6.45, 7) is 1.81. The maximum Gasteiger partial charge on any atom is 0.237 e. The molecule has 1 atom stereocenters. The molecule has 1 heterocycles. The van der Waals surface area contributed by atoms with Crippen LogP contribution in [0.15, 0.2) is 29.4 Å². The summed E-state index contributed by atoms with van der Waals surface area (Å²) in [6, 6.07) is 6.67. The number of benzene rings is 1. The first-order valence-corrected chi connectivity index (χ1v) is 9.18. The highest BCUT2D eigenvalue weighted by Crippen LogP contribution is 2.46. The van der Waals surface area contributed by atoms with Crippen molar-refractivity contribution in [1.29, 1.82) is 0 Å². The number of hydrogen-bond acceptors (Lipinski definition) is 4. The van der Waals surface area contributed by atoms with Gasteiger partial charge in [-0.2, -0.15) is 0 Å². The molecule has 126 valence electrons. The lowest BCUT2D eigenvalue weighted by Gasteiger charge is -2.13. The highest BCUT2D eigenvalue weighted by molar-refractivity contribution is 8.00. The van der Waals surface area contributed by atoms with E-state index in [1.807, 2.05) is 6.92 Å². The van der Waals surface area contributed by atoms with E-state index in [0.717, 1.165) is 23.8 Å². The maximum absolute atomic E-state index is 13.7. The first-order valence-electron chi connectivity index (χ1n) is 8.30. The minimum absolute atomic E-state index is 0.206. The predicted molar refractivity (Wildman–Crippen MR) is 90.6 cm³/mol. The number of nitrogens with one attached hydrogen (secondary N) is 1. The number of hydrogen-bond donors (Lipinski definition) is 1. The Balaban J connectivity index is 1.47. The number of halogens is 1. The van der Waals surface area contributed by atoms with Gasteiger partial charge in [-0.3, -0.25) is 4.79 Å². The Bertz CT molecular complexity index is 770. The van der Waals surface area contributed by atoms with Crippen molar-refractivity contribution in [3.63, 3.8) is 0 Å². The molecule has 2 fully saturated rings. The third-order valence-corrected chi connectivity index (χ3v) is 5.39. The molecule has 2 aromatic rings. The molecule has 0 radical (unpaired) electrons. The molecule has 2 aliphatic carbocycles. The Morgan fingerprint density at radius 1 is 1.29 bits per heavy atom. The fourth-order valence-electron chi connectivity index (χ4n) is 2.67. The van der Waals surface area contributed by atoms with Gasteiger partial charge in [-0.1, -0.05) is 23.9 Å². The maximum atomic E-state index is 13.7. The van der Waals surface area contributed by atoms with Gasteiger partial charge in [-0.05, 0) is 44.7 Å². The van der Waals surface area contributed by atoms with Crippen LogP contribution in [0.1, 0.15) is 50.4 Å². The molecule has 2 saturated carbocycles. The summed E-state index contributed by atoms with van der Waals surface area (Å²) in [5.74, 6) is 0.945. The first-order chi connectivity index (χ1) is 11.6. The van der Waals surface area contributed by atoms with E-state index in [0.29, 0.717) is 12.0 Å². The molecular formula is C17H19FN4OS. The zero-order chi connectivity index (χ0) is 16.7. The predicted octanol–water partition coefficient (Wildman–Crippen LogP) is 3.75. The molecule has 0 saturated heterocycles. The van der Waals surface area contributed by atoms with Gasteiger partial charge in [0.25, 0.3) is 0 Å². The van der Waals surface area contributed by atoms with Crippen LogP contribution in [-0.4, -0.2) is 25.9 Å². The van der Waals surface area contributed by atoms with Gasteiger partial charge in [0.15, 0.2) is 5.16 Å². The summed E-state index contributed by atoms with van der Waals surface area (Å²) < 4.78 is 15.9. The average Bonchev–Trinajstić information content (AvgIpc) is 3.49. The minimum Gasteiger partial charge on any atom is -0.323 e. The normalized spacial score (nSPS) is 18.4. The molecule has 2 aliphatic rings. The van der Waals surface area contributed by atoms with E-state index in [-0.39, 0.29) is 16.8 Å². The van der Waals surface area contributed by atoms with Crippen LogP contribution in [0.2, 0.25) is 0 Å². The van der Waals surface area contributed by atoms with Gasteiger partial charge < -0.3 is 9.88 Å². The first kappa shape index (κ1) is 15.6. The molecular weight excluding hydrogens is 327 g/mol. The number of para-hydroxylation sites is 1. The van der Waals surface area contributed by atoms with Crippen LogP contribution in [0.5, 0.6) is 0 Å². The zero-order valence-electron chi connectivity index (χ0n) is 13.4. The van der Waals surface area contributed by atoms with Crippen molar-refractivity contribution in [1.82, 2.24) is 14.8 Å². The second-order valence-corrected chi connectivity index (χ2v) is 7.75. The molecule has 0 spiro atoms. The zero-order valence-corrected chi connectivity index (χ0v) is 14.2. The van der Waals surface area contributed by atoms with Crippen LogP contribution in [0.4, 0.5) is 10.1 Å². The Morgan fingerprint density at radius 2 is 2.04 bits per heavy atom. The van der Waals surface area contributed by atoms with Crippen LogP contribution in [-0.2, 0) is 4.79 Å². The molecule has 1 unspecified atom stereocenters. The van der Waals surface area contributed by atoms with Crippen molar-refractivity contribution in [3.8, 4) is 0 Å². The number of nitrogens with zero attached hydrogens (tertiary/aromatic N) is 3. The Kier molecular flexibility index (Phi) is 4.04. The second-order valence-electron chi connectivity index (χ2n) is 6.45.